The monoisotopic (exact) mass is 383 g/mol. The van der Waals surface area contributed by atoms with Crippen molar-refractivity contribution >= 4 is 17.3 Å². The van der Waals surface area contributed by atoms with Gasteiger partial charge in [-0.3, -0.25) is 9.78 Å². The molecule has 28 heavy (non-hydrogen) atoms. The Morgan fingerprint density at radius 3 is 1.93 bits per heavy atom. The molecule has 6 nitrogen and oxygen atoms in total. The number of carboxylic acids is 1. The number of nitrogens with zero attached hydrogens (tertiary/aromatic N) is 3. The lowest BCUT2D eigenvalue weighted by molar-refractivity contribution is -0.137. The van der Waals surface area contributed by atoms with E-state index in [9.17, 15) is 4.79 Å². The standard InChI is InChI=1S/C22H29N3O3/c26-22(27)9-7-5-3-1-2-4-6-8-18-28-21-12-10-19(11-13-21)24-25-20-14-16-23-17-15-20/h10-17H,1-9,18H2,(H,26,27). The maximum Gasteiger partial charge on any atom is 0.303 e. The SMILES string of the molecule is O=C(O)CCCCCCCCCCOc1ccc(N=Nc2ccncc2)cc1. The van der Waals surface area contributed by atoms with Gasteiger partial charge in [0.15, 0.2) is 0 Å². The molecule has 0 aliphatic carbocycles. The smallest absolute Gasteiger partial charge is 0.303 e. The quantitative estimate of drug-likeness (QED) is 0.299. The van der Waals surface area contributed by atoms with Gasteiger partial charge >= 0.3 is 5.97 Å². The van der Waals surface area contributed by atoms with Crippen molar-refractivity contribution in [2.24, 2.45) is 10.2 Å². The Hall–Kier alpha value is -2.76. The van der Waals surface area contributed by atoms with E-state index < -0.39 is 5.97 Å². The maximum atomic E-state index is 10.4. The van der Waals surface area contributed by atoms with E-state index in [0.717, 1.165) is 55.8 Å². The zero-order valence-electron chi connectivity index (χ0n) is 16.3. The summed E-state index contributed by atoms with van der Waals surface area (Å²) < 4.78 is 5.77. The van der Waals surface area contributed by atoms with Gasteiger partial charge < -0.3 is 9.84 Å². The Bertz CT molecular complexity index is 703. The van der Waals surface area contributed by atoms with Crippen LogP contribution in [0.2, 0.25) is 0 Å². The van der Waals surface area contributed by atoms with Crippen LogP contribution in [0.4, 0.5) is 11.4 Å². The fraction of sp³-hybridized carbons (Fsp3) is 0.455. The molecule has 2 rings (SSSR count). The molecule has 0 radical (unpaired) electrons. The minimum Gasteiger partial charge on any atom is -0.494 e. The molecular formula is C22H29N3O3. The van der Waals surface area contributed by atoms with Gasteiger partial charge in [-0.05, 0) is 49.2 Å². The van der Waals surface area contributed by atoms with Crippen LogP contribution in [0.3, 0.4) is 0 Å². The Morgan fingerprint density at radius 1 is 0.786 bits per heavy atom. The van der Waals surface area contributed by atoms with Gasteiger partial charge in [0.25, 0.3) is 0 Å². The summed E-state index contributed by atoms with van der Waals surface area (Å²) in [6.07, 6.45) is 12.4. The number of rotatable bonds is 14. The zero-order valence-corrected chi connectivity index (χ0v) is 16.3. The van der Waals surface area contributed by atoms with E-state index >= 15 is 0 Å². The van der Waals surface area contributed by atoms with Crippen molar-refractivity contribution in [1.29, 1.82) is 0 Å². The average molecular weight is 383 g/mol. The van der Waals surface area contributed by atoms with E-state index in [1.165, 1.54) is 19.3 Å². The topological polar surface area (TPSA) is 84.1 Å². The second-order valence-electron chi connectivity index (χ2n) is 6.72. The van der Waals surface area contributed by atoms with Crippen molar-refractivity contribution in [2.75, 3.05) is 6.61 Å². The Labute approximate surface area is 166 Å². The van der Waals surface area contributed by atoms with Crippen LogP contribution in [0, 0.1) is 0 Å². The lowest BCUT2D eigenvalue weighted by Crippen LogP contribution is -1.97. The molecule has 1 aromatic carbocycles. The van der Waals surface area contributed by atoms with E-state index in [-0.39, 0.29) is 0 Å². The first-order valence-corrected chi connectivity index (χ1v) is 10.0. The normalized spacial score (nSPS) is 11.0. The average Bonchev–Trinajstić information content (AvgIpc) is 2.72. The number of carboxylic acid groups (broad SMARTS) is 1. The van der Waals surface area contributed by atoms with Crippen LogP contribution >= 0.6 is 0 Å². The molecule has 0 aliphatic rings. The van der Waals surface area contributed by atoms with Crippen LogP contribution in [-0.2, 0) is 4.79 Å². The minimum absolute atomic E-state index is 0.298. The lowest BCUT2D eigenvalue weighted by Gasteiger charge is -2.06. The number of benzene rings is 1. The van der Waals surface area contributed by atoms with Crippen molar-refractivity contribution in [2.45, 2.75) is 57.8 Å². The molecule has 150 valence electrons. The number of unbranched alkanes of at least 4 members (excludes halogenated alkanes) is 7. The Balaban J connectivity index is 1.50. The first-order valence-electron chi connectivity index (χ1n) is 10.0. The Kier molecular flexibility index (Phi) is 10.3. The van der Waals surface area contributed by atoms with Crippen LogP contribution < -0.4 is 4.74 Å². The third kappa shape index (κ3) is 9.80. The number of aliphatic carboxylic acids is 1. The van der Waals surface area contributed by atoms with E-state index in [0.29, 0.717) is 6.42 Å². The summed E-state index contributed by atoms with van der Waals surface area (Å²) in [7, 11) is 0. The molecule has 1 N–H and O–H groups in total. The maximum absolute atomic E-state index is 10.4. The van der Waals surface area contributed by atoms with Gasteiger partial charge in [0, 0.05) is 18.8 Å². The van der Waals surface area contributed by atoms with Crippen molar-refractivity contribution in [3.63, 3.8) is 0 Å². The third-order valence-corrected chi connectivity index (χ3v) is 4.33. The van der Waals surface area contributed by atoms with Crippen LogP contribution in [0.15, 0.2) is 59.0 Å². The van der Waals surface area contributed by atoms with Gasteiger partial charge in [-0.1, -0.05) is 38.5 Å². The molecule has 0 atom stereocenters. The molecule has 0 spiro atoms. The number of aromatic nitrogens is 1. The Morgan fingerprint density at radius 2 is 1.32 bits per heavy atom. The van der Waals surface area contributed by atoms with Gasteiger partial charge in [0.2, 0.25) is 0 Å². The lowest BCUT2D eigenvalue weighted by atomic mass is 10.1. The summed E-state index contributed by atoms with van der Waals surface area (Å²) in [6.45, 7) is 0.719. The fourth-order valence-electron chi connectivity index (χ4n) is 2.76. The molecule has 0 bridgehead atoms. The summed E-state index contributed by atoms with van der Waals surface area (Å²) in [5.74, 6) is 0.158. The van der Waals surface area contributed by atoms with Crippen LogP contribution in [0.25, 0.3) is 0 Å². The number of ether oxygens (including phenoxy) is 1. The van der Waals surface area contributed by atoms with E-state index in [1.54, 1.807) is 24.5 Å². The van der Waals surface area contributed by atoms with E-state index in [1.807, 2.05) is 24.3 Å². The number of azo groups is 1. The minimum atomic E-state index is -0.691. The molecule has 0 saturated carbocycles. The predicted molar refractivity (Wildman–Crippen MR) is 110 cm³/mol. The molecule has 1 aromatic heterocycles. The van der Waals surface area contributed by atoms with Crippen molar-refractivity contribution in [1.82, 2.24) is 4.98 Å². The van der Waals surface area contributed by atoms with Gasteiger partial charge in [-0.2, -0.15) is 10.2 Å². The molecular weight excluding hydrogens is 354 g/mol. The number of hydrogen-bond acceptors (Lipinski definition) is 5. The van der Waals surface area contributed by atoms with Crippen LogP contribution in [0.1, 0.15) is 57.8 Å². The van der Waals surface area contributed by atoms with Gasteiger partial charge in [-0.15, -0.1) is 0 Å². The molecule has 0 amide bonds. The molecule has 6 heteroatoms. The van der Waals surface area contributed by atoms with Crippen molar-refractivity contribution < 1.29 is 14.6 Å². The highest BCUT2D eigenvalue weighted by Crippen LogP contribution is 2.21. The molecule has 0 fully saturated rings. The van der Waals surface area contributed by atoms with Gasteiger partial charge in [0.1, 0.15) is 5.75 Å². The highest BCUT2D eigenvalue weighted by atomic mass is 16.5. The molecule has 0 saturated heterocycles. The first-order chi connectivity index (χ1) is 13.7. The molecule has 2 aromatic rings. The van der Waals surface area contributed by atoms with Gasteiger partial charge in [-0.25, -0.2) is 0 Å². The fourth-order valence-corrected chi connectivity index (χ4v) is 2.76. The second kappa shape index (κ2) is 13.4. The molecule has 0 unspecified atom stereocenters. The summed E-state index contributed by atoms with van der Waals surface area (Å²) >= 11 is 0. The summed E-state index contributed by atoms with van der Waals surface area (Å²) in [4.78, 5) is 14.4. The highest BCUT2D eigenvalue weighted by molar-refractivity contribution is 5.66. The molecule has 1 heterocycles. The number of carbonyl (C=O) groups is 1. The zero-order chi connectivity index (χ0) is 19.9. The molecule has 0 aliphatic heterocycles. The highest BCUT2D eigenvalue weighted by Gasteiger charge is 1.98. The van der Waals surface area contributed by atoms with E-state index in [2.05, 4.69) is 15.2 Å². The first kappa shape index (κ1) is 21.5. The largest absolute Gasteiger partial charge is 0.494 e. The predicted octanol–water partition coefficient (Wildman–Crippen LogP) is 6.47. The van der Waals surface area contributed by atoms with Crippen molar-refractivity contribution in [3.8, 4) is 5.75 Å². The van der Waals surface area contributed by atoms with Crippen LogP contribution in [0.5, 0.6) is 5.75 Å². The summed E-state index contributed by atoms with van der Waals surface area (Å²) in [5, 5.41) is 16.9. The second-order valence-corrected chi connectivity index (χ2v) is 6.72. The van der Waals surface area contributed by atoms with Crippen LogP contribution in [-0.4, -0.2) is 22.7 Å². The van der Waals surface area contributed by atoms with E-state index in [4.69, 9.17) is 9.84 Å². The number of pyridine rings is 1. The van der Waals surface area contributed by atoms with Gasteiger partial charge in [0.05, 0.1) is 18.0 Å². The number of hydrogen-bond donors (Lipinski definition) is 1. The summed E-state index contributed by atoms with van der Waals surface area (Å²) in [5.41, 5.74) is 1.56. The summed E-state index contributed by atoms with van der Waals surface area (Å²) in [6, 6.07) is 11.2. The van der Waals surface area contributed by atoms with Crippen molar-refractivity contribution in [3.05, 3.63) is 48.8 Å². The third-order valence-electron chi connectivity index (χ3n) is 4.33.